The summed E-state index contributed by atoms with van der Waals surface area (Å²) in [4.78, 5) is 24.6. The van der Waals surface area contributed by atoms with Crippen LogP contribution in [0.5, 0.6) is 0 Å². The van der Waals surface area contributed by atoms with Gasteiger partial charge in [0.25, 0.3) is 5.91 Å². The summed E-state index contributed by atoms with van der Waals surface area (Å²) in [6, 6.07) is 11.0. The maximum absolute atomic E-state index is 13.7. The van der Waals surface area contributed by atoms with E-state index in [1.54, 1.807) is 12.1 Å². The molecular weight excluding hydrogens is 433 g/mol. The maximum atomic E-state index is 13.7. The second-order valence-corrected chi connectivity index (χ2v) is 7.21. The first-order chi connectivity index (χ1) is 14.6. The molecular formula is C21H18ClF3N4O2. The van der Waals surface area contributed by atoms with Gasteiger partial charge in [0.2, 0.25) is 5.91 Å². The van der Waals surface area contributed by atoms with Crippen LogP contribution in [0.1, 0.15) is 27.2 Å². The number of rotatable bonds is 5. The third kappa shape index (κ3) is 5.05. The molecule has 0 aliphatic rings. The third-order valence-corrected chi connectivity index (χ3v) is 4.86. The van der Waals surface area contributed by atoms with E-state index in [1.807, 2.05) is 19.9 Å². The lowest BCUT2D eigenvalue weighted by Gasteiger charge is -2.13. The van der Waals surface area contributed by atoms with E-state index in [-0.39, 0.29) is 10.7 Å². The zero-order valence-electron chi connectivity index (χ0n) is 16.5. The van der Waals surface area contributed by atoms with E-state index in [0.29, 0.717) is 10.4 Å². The minimum atomic E-state index is -4.87. The summed E-state index contributed by atoms with van der Waals surface area (Å²) in [7, 11) is 0. The molecule has 2 N–H and O–H groups in total. The number of hydrogen-bond acceptors (Lipinski definition) is 3. The number of aryl methyl sites for hydroxylation is 1. The third-order valence-electron chi connectivity index (χ3n) is 4.62. The van der Waals surface area contributed by atoms with E-state index in [0.717, 1.165) is 17.3 Å². The molecule has 2 amide bonds. The molecule has 0 fully saturated rings. The summed E-state index contributed by atoms with van der Waals surface area (Å²) in [6.07, 6.45) is -4.06. The topological polar surface area (TPSA) is 76.0 Å². The van der Waals surface area contributed by atoms with Crippen LogP contribution in [0.3, 0.4) is 0 Å². The Labute approximate surface area is 181 Å². The molecule has 162 valence electrons. The number of anilines is 1. The van der Waals surface area contributed by atoms with Gasteiger partial charge in [0.15, 0.2) is 5.69 Å². The number of carbonyl (C=O) groups excluding carboxylic acids is 2. The summed E-state index contributed by atoms with van der Waals surface area (Å²) in [5.74, 6) is -1.64. The van der Waals surface area contributed by atoms with Crippen LogP contribution in [0, 0.1) is 13.8 Å². The molecule has 3 aromatic rings. The summed E-state index contributed by atoms with van der Waals surface area (Å²) >= 11 is 5.86. The fourth-order valence-corrected chi connectivity index (χ4v) is 3.11. The fraction of sp³-hybridized carbons (Fsp3) is 0.190. The smallest absolute Gasteiger partial charge is 0.343 e. The molecule has 3 rings (SSSR count). The van der Waals surface area contributed by atoms with Crippen molar-refractivity contribution in [2.24, 2.45) is 0 Å². The van der Waals surface area contributed by atoms with Gasteiger partial charge in [-0.3, -0.25) is 9.59 Å². The van der Waals surface area contributed by atoms with Crippen LogP contribution in [-0.4, -0.2) is 28.1 Å². The van der Waals surface area contributed by atoms with Crippen molar-refractivity contribution in [2.45, 2.75) is 20.0 Å². The molecule has 1 heterocycles. The highest BCUT2D eigenvalue weighted by molar-refractivity contribution is 6.30. The molecule has 0 unspecified atom stereocenters. The Kier molecular flexibility index (Phi) is 6.35. The summed E-state index contributed by atoms with van der Waals surface area (Å²) < 4.78 is 41.7. The standard InChI is InChI=1S/C21H18ClF3N4O2/c1-12-5-3-8-17(13(12)2)28-18(30)11-26-20(31)16-10-27-29(19(16)21(23,24)25)15-7-4-6-14(22)9-15/h3-10H,11H2,1-2H3,(H,26,31)(H,28,30). The van der Waals surface area contributed by atoms with Crippen LogP contribution in [0.15, 0.2) is 48.7 Å². The molecule has 0 bridgehead atoms. The number of alkyl halides is 3. The number of amides is 2. The highest BCUT2D eigenvalue weighted by Gasteiger charge is 2.40. The first-order valence-corrected chi connectivity index (χ1v) is 9.51. The van der Waals surface area contributed by atoms with Gasteiger partial charge in [0.05, 0.1) is 24.0 Å². The molecule has 6 nitrogen and oxygen atoms in total. The van der Waals surface area contributed by atoms with Crippen LogP contribution in [0.2, 0.25) is 5.02 Å². The van der Waals surface area contributed by atoms with Crippen molar-refractivity contribution in [1.29, 1.82) is 0 Å². The van der Waals surface area contributed by atoms with E-state index in [1.165, 1.54) is 24.3 Å². The lowest BCUT2D eigenvalue weighted by atomic mass is 10.1. The van der Waals surface area contributed by atoms with Gasteiger partial charge in [0.1, 0.15) is 0 Å². The molecule has 0 atom stereocenters. The molecule has 0 aliphatic heterocycles. The number of halogens is 4. The zero-order chi connectivity index (χ0) is 22.8. The van der Waals surface area contributed by atoms with Crippen LogP contribution in [0.25, 0.3) is 5.69 Å². The molecule has 2 aromatic carbocycles. The van der Waals surface area contributed by atoms with E-state index < -0.39 is 35.8 Å². The van der Waals surface area contributed by atoms with Gasteiger partial charge in [-0.15, -0.1) is 0 Å². The van der Waals surface area contributed by atoms with Gasteiger partial charge in [-0.25, -0.2) is 4.68 Å². The van der Waals surface area contributed by atoms with Crippen molar-refractivity contribution >= 4 is 29.1 Å². The Hall–Kier alpha value is -3.33. The lowest BCUT2D eigenvalue weighted by molar-refractivity contribution is -0.143. The number of hydrogen-bond donors (Lipinski definition) is 2. The Morgan fingerprint density at radius 3 is 2.52 bits per heavy atom. The number of benzene rings is 2. The minimum Gasteiger partial charge on any atom is -0.343 e. The minimum absolute atomic E-state index is 0.0477. The van der Waals surface area contributed by atoms with E-state index in [9.17, 15) is 22.8 Å². The molecule has 31 heavy (non-hydrogen) atoms. The van der Waals surface area contributed by atoms with Gasteiger partial charge in [-0.1, -0.05) is 29.8 Å². The van der Waals surface area contributed by atoms with Gasteiger partial charge in [-0.2, -0.15) is 18.3 Å². The average molecular weight is 451 g/mol. The van der Waals surface area contributed by atoms with Crippen molar-refractivity contribution in [2.75, 3.05) is 11.9 Å². The molecule has 1 aromatic heterocycles. The second-order valence-electron chi connectivity index (χ2n) is 6.77. The number of carbonyl (C=O) groups is 2. The van der Waals surface area contributed by atoms with Crippen molar-refractivity contribution in [1.82, 2.24) is 15.1 Å². The molecule has 0 radical (unpaired) electrons. The van der Waals surface area contributed by atoms with Gasteiger partial charge < -0.3 is 10.6 Å². The number of aromatic nitrogens is 2. The second kappa shape index (κ2) is 8.81. The van der Waals surface area contributed by atoms with E-state index in [2.05, 4.69) is 15.7 Å². The largest absolute Gasteiger partial charge is 0.434 e. The fourth-order valence-electron chi connectivity index (χ4n) is 2.93. The summed E-state index contributed by atoms with van der Waals surface area (Å²) in [5, 5.41) is 8.77. The van der Waals surface area contributed by atoms with Crippen LogP contribution in [0.4, 0.5) is 18.9 Å². The number of nitrogens with one attached hydrogen (secondary N) is 2. The van der Waals surface area contributed by atoms with Gasteiger partial charge >= 0.3 is 6.18 Å². The molecule has 0 spiro atoms. The van der Waals surface area contributed by atoms with Crippen molar-refractivity contribution in [3.05, 3.63) is 76.1 Å². The highest BCUT2D eigenvalue weighted by atomic mass is 35.5. The Morgan fingerprint density at radius 2 is 1.84 bits per heavy atom. The normalized spacial score (nSPS) is 11.3. The summed E-state index contributed by atoms with van der Waals surface area (Å²) in [6.45, 7) is 3.19. The van der Waals surface area contributed by atoms with Gasteiger partial charge in [0, 0.05) is 10.7 Å². The first kappa shape index (κ1) is 22.4. The van der Waals surface area contributed by atoms with E-state index >= 15 is 0 Å². The molecule has 0 saturated heterocycles. The molecule has 0 aliphatic carbocycles. The van der Waals surface area contributed by atoms with E-state index in [4.69, 9.17) is 11.6 Å². The molecule has 10 heteroatoms. The van der Waals surface area contributed by atoms with Crippen LogP contribution < -0.4 is 10.6 Å². The Morgan fingerprint density at radius 1 is 1.13 bits per heavy atom. The van der Waals surface area contributed by atoms with Crippen molar-refractivity contribution in [3.8, 4) is 5.69 Å². The monoisotopic (exact) mass is 450 g/mol. The lowest BCUT2D eigenvalue weighted by Crippen LogP contribution is -2.34. The molecule has 0 saturated carbocycles. The summed E-state index contributed by atoms with van der Waals surface area (Å²) in [5.41, 5.74) is 0.458. The maximum Gasteiger partial charge on any atom is 0.434 e. The van der Waals surface area contributed by atoms with Gasteiger partial charge in [-0.05, 0) is 49.2 Å². The van der Waals surface area contributed by atoms with Crippen LogP contribution >= 0.6 is 11.6 Å². The Bertz CT molecular complexity index is 1140. The number of nitrogens with zero attached hydrogens (tertiary/aromatic N) is 2. The van der Waals surface area contributed by atoms with Crippen molar-refractivity contribution in [3.63, 3.8) is 0 Å². The Balaban J connectivity index is 1.79. The van der Waals surface area contributed by atoms with Crippen LogP contribution in [-0.2, 0) is 11.0 Å². The highest BCUT2D eigenvalue weighted by Crippen LogP contribution is 2.34. The predicted octanol–water partition coefficient (Wildman–Crippen LogP) is 4.53. The SMILES string of the molecule is Cc1cccc(NC(=O)CNC(=O)c2cnn(-c3cccc(Cl)c3)c2C(F)(F)F)c1C. The average Bonchev–Trinajstić information content (AvgIpc) is 3.15. The first-order valence-electron chi connectivity index (χ1n) is 9.13. The quantitative estimate of drug-likeness (QED) is 0.599. The van der Waals surface area contributed by atoms with Crippen molar-refractivity contribution < 1.29 is 22.8 Å². The predicted molar refractivity (Wildman–Crippen MR) is 110 cm³/mol. The zero-order valence-corrected chi connectivity index (χ0v) is 17.3.